The van der Waals surface area contributed by atoms with Gasteiger partial charge < -0.3 is 34.2 Å². The summed E-state index contributed by atoms with van der Waals surface area (Å²) < 4.78 is 20.8. The number of rotatable bonds is 18. The number of non-ortho nitro benzene ring substituents is 1. The zero-order valence-electron chi connectivity index (χ0n) is 36.3. The monoisotopic (exact) mass is 835 g/mol. The molecule has 0 aromatic heterocycles. The van der Waals surface area contributed by atoms with Crippen molar-refractivity contribution in [3.8, 4) is 17.2 Å². The van der Waals surface area contributed by atoms with E-state index in [9.17, 15) is 25.1 Å². The maximum Gasteiger partial charge on any atom is 0.269 e. The zero-order valence-corrected chi connectivity index (χ0v) is 36.3. The highest BCUT2D eigenvalue weighted by Crippen LogP contribution is 2.62. The number of unbranched alkanes of at least 4 members (excludes halogenated alkanes) is 2. The van der Waals surface area contributed by atoms with E-state index < -0.39 is 28.3 Å². The summed E-state index contributed by atoms with van der Waals surface area (Å²) >= 11 is 0. The van der Waals surface area contributed by atoms with Gasteiger partial charge in [-0.1, -0.05) is 36.2 Å². The van der Waals surface area contributed by atoms with E-state index in [1.807, 2.05) is 51.1 Å². The SMILES string of the molecule is C=CCO[C@@]12Oc3ccc(Oc4ccc(C)c(C)c4)cc3[C@H]3[C@H](CCCCO)[C@@H](CCCCO)C=C(C(=NOC(C)(C)C)C[C@@H]1N(C)C(=O)C=Cc1ccc([N+](=O)[O-])cc1)[C@H]32. The third kappa shape index (κ3) is 10.3. The Balaban J connectivity index is 1.54. The van der Waals surface area contributed by atoms with Crippen LogP contribution < -0.4 is 9.47 Å². The molecule has 0 spiro atoms. The predicted octanol–water partition coefficient (Wildman–Crippen LogP) is 9.61. The second-order valence-corrected chi connectivity index (χ2v) is 17.5. The Kier molecular flexibility index (Phi) is 14.5. The number of aryl methyl sites for hydroxylation is 2. The average molecular weight is 836 g/mol. The van der Waals surface area contributed by atoms with E-state index in [1.54, 1.807) is 36.2 Å². The van der Waals surface area contributed by atoms with Crippen molar-refractivity contribution in [1.29, 1.82) is 0 Å². The fourth-order valence-corrected chi connectivity index (χ4v) is 9.04. The van der Waals surface area contributed by atoms with Gasteiger partial charge in [-0.2, -0.15) is 0 Å². The van der Waals surface area contributed by atoms with E-state index in [0.29, 0.717) is 35.6 Å². The number of carbonyl (C=O) groups is 1. The van der Waals surface area contributed by atoms with Crippen LogP contribution in [0.25, 0.3) is 6.08 Å². The number of nitro groups is 1. The predicted molar refractivity (Wildman–Crippen MR) is 237 cm³/mol. The second-order valence-electron chi connectivity index (χ2n) is 17.5. The van der Waals surface area contributed by atoms with E-state index in [-0.39, 0.29) is 55.6 Å². The van der Waals surface area contributed by atoms with Crippen molar-refractivity contribution in [3.05, 3.63) is 123 Å². The number of aliphatic hydroxyl groups excluding tert-OH is 2. The van der Waals surface area contributed by atoms with Crippen molar-refractivity contribution >= 4 is 23.4 Å². The first-order valence-electron chi connectivity index (χ1n) is 21.4. The van der Waals surface area contributed by atoms with Crippen molar-refractivity contribution in [2.75, 3.05) is 26.9 Å². The van der Waals surface area contributed by atoms with Crippen LogP contribution in [0.15, 0.2) is 96.2 Å². The van der Waals surface area contributed by atoms with E-state index >= 15 is 0 Å². The molecule has 0 bridgehead atoms. The van der Waals surface area contributed by atoms with Gasteiger partial charge in [0, 0.05) is 56.4 Å². The van der Waals surface area contributed by atoms with Gasteiger partial charge in [0.1, 0.15) is 28.9 Å². The number of aliphatic hydroxyl groups is 2. The molecule has 0 saturated heterocycles. The minimum Gasteiger partial charge on any atom is -0.459 e. The van der Waals surface area contributed by atoms with Gasteiger partial charge in [-0.25, -0.2) is 0 Å². The number of hydrogen-bond acceptors (Lipinski definition) is 10. The first kappa shape index (κ1) is 45.2. The summed E-state index contributed by atoms with van der Waals surface area (Å²) in [5.74, 6) is -0.281. The Bertz CT molecular complexity index is 2140. The highest BCUT2D eigenvalue weighted by Gasteiger charge is 2.65. The Labute approximate surface area is 359 Å². The molecule has 3 aromatic rings. The molecule has 1 heterocycles. The quantitative estimate of drug-likeness (QED) is 0.0419. The van der Waals surface area contributed by atoms with Crippen LogP contribution in [0.5, 0.6) is 17.2 Å². The molecule has 1 fully saturated rings. The van der Waals surface area contributed by atoms with Crippen LogP contribution in [0.1, 0.15) is 93.9 Å². The summed E-state index contributed by atoms with van der Waals surface area (Å²) in [4.78, 5) is 33.0. The fourth-order valence-electron chi connectivity index (χ4n) is 9.04. The molecule has 0 radical (unpaired) electrons. The lowest BCUT2D eigenvalue weighted by Gasteiger charge is -2.59. The van der Waals surface area contributed by atoms with Crippen LogP contribution in [-0.2, 0) is 14.4 Å². The van der Waals surface area contributed by atoms with E-state index in [4.69, 9.17) is 24.2 Å². The minimum atomic E-state index is -1.41. The van der Waals surface area contributed by atoms with Crippen LogP contribution in [0.3, 0.4) is 0 Å². The minimum absolute atomic E-state index is 0.0387. The third-order valence-electron chi connectivity index (χ3n) is 12.1. The smallest absolute Gasteiger partial charge is 0.269 e. The normalized spacial score (nSPS) is 23.7. The molecule has 3 aliphatic rings. The molecule has 1 saturated carbocycles. The largest absolute Gasteiger partial charge is 0.459 e. The van der Waals surface area contributed by atoms with Crippen LogP contribution in [0.4, 0.5) is 5.69 Å². The summed E-state index contributed by atoms with van der Waals surface area (Å²) in [6.07, 6.45) is 11.9. The zero-order chi connectivity index (χ0) is 43.9. The molecule has 6 atom stereocenters. The van der Waals surface area contributed by atoms with Crippen molar-refractivity contribution in [2.24, 2.45) is 22.9 Å². The topological polar surface area (TPSA) is 153 Å². The summed E-state index contributed by atoms with van der Waals surface area (Å²) in [6.45, 7) is 14.3. The fraction of sp³-hybridized carbons (Fsp3) is 0.469. The Morgan fingerprint density at radius 3 is 2.34 bits per heavy atom. The van der Waals surface area contributed by atoms with Crippen molar-refractivity contribution in [2.45, 2.75) is 103 Å². The molecule has 1 amide bonds. The summed E-state index contributed by atoms with van der Waals surface area (Å²) in [5.41, 5.74) is 4.88. The van der Waals surface area contributed by atoms with Gasteiger partial charge in [0.15, 0.2) is 0 Å². The van der Waals surface area contributed by atoms with Crippen LogP contribution >= 0.6 is 0 Å². The van der Waals surface area contributed by atoms with Gasteiger partial charge in [0.25, 0.3) is 5.69 Å². The number of oxime groups is 1. The number of benzene rings is 3. The van der Waals surface area contributed by atoms with Gasteiger partial charge in [0.05, 0.1) is 23.2 Å². The van der Waals surface area contributed by atoms with Crippen LogP contribution in [0.2, 0.25) is 0 Å². The molecule has 0 unspecified atom stereocenters. The first-order valence-corrected chi connectivity index (χ1v) is 21.4. The Morgan fingerprint density at radius 2 is 1.69 bits per heavy atom. The number of ether oxygens (including phenoxy) is 3. The maximum atomic E-state index is 14.4. The van der Waals surface area contributed by atoms with Crippen LogP contribution in [-0.4, -0.2) is 76.0 Å². The Hall–Kier alpha value is -5.30. The van der Waals surface area contributed by atoms with Gasteiger partial charge in [-0.15, -0.1) is 6.58 Å². The molecule has 61 heavy (non-hydrogen) atoms. The third-order valence-corrected chi connectivity index (χ3v) is 12.1. The lowest BCUT2D eigenvalue weighted by atomic mass is 9.55. The molecule has 12 nitrogen and oxygen atoms in total. The van der Waals surface area contributed by atoms with E-state index in [0.717, 1.165) is 48.1 Å². The lowest BCUT2D eigenvalue weighted by molar-refractivity contribution is -0.384. The van der Waals surface area contributed by atoms with Gasteiger partial charge in [0.2, 0.25) is 11.7 Å². The summed E-state index contributed by atoms with van der Waals surface area (Å²) in [5, 5.41) is 35.9. The number of nitrogens with zero attached hydrogens (tertiary/aromatic N) is 3. The molecule has 6 rings (SSSR count). The molecule has 12 heteroatoms. The molecular formula is C49H61N3O9. The maximum absolute atomic E-state index is 14.4. The van der Waals surface area contributed by atoms with Gasteiger partial charge in [-0.3, -0.25) is 14.9 Å². The van der Waals surface area contributed by atoms with Crippen molar-refractivity contribution < 1.29 is 39.0 Å². The summed E-state index contributed by atoms with van der Waals surface area (Å²) in [6, 6.07) is 17.3. The number of allylic oxidation sites excluding steroid dienone is 1. The van der Waals surface area contributed by atoms with Crippen molar-refractivity contribution in [3.63, 3.8) is 0 Å². The average Bonchev–Trinajstić information content (AvgIpc) is 3.23. The Morgan fingerprint density at radius 1 is 1.00 bits per heavy atom. The molecule has 3 aromatic carbocycles. The first-order chi connectivity index (χ1) is 29.2. The van der Waals surface area contributed by atoms with E-state index in [2.05, 4.69) is 32.6 Å². The standard InChI is InChI=1S/C49H61N3O9/c1-8-27-58-49-44(51(7)45(55)24-18-34-16-19-36(20-17-34)52(56)57)31-42(50-61-48(4,5)6)40-29-35(13-9-11-25-53)39(14-10-12-26-54)46(47(40)49)41-30-38(22-23-43(41)60-49)59-37-21-15-32(2)33(3)28-37/h8,15-24,28-30,35,39,44,46-47,53-54H,1,9-14,25-27,31H2,2-7H3/t35-,39+,44-,46+,47+,49+/m0/s1. The molecular weight excluding hydrogens is 775 g/mol. The van der Waals surface area contributed by atoms with E-state index in [1.165, 1.54) is 23.8 Å². The van der Waals surface area contributed by atoms with Gasteiger partial charge in [-0.05, 0) is 143 Å². The lowest BCUT2D eigenvalue weighted by Crippen LogP contribution is -2.69. The number of fused-ring (bicyclic) bond motifs is 2. The number of likely N-dealkylation sites (N-methyl/N-ethyl adjacent to an activating group) is 1. The number of amides is 1. The molecule has 326 valence electrons. The molecule has 1 aliphatic heterocycles. The number of hydrogen-bond donors (Lipinski definition) is 2. The summed E-state index contributed by atoms with van der Waals surface area (Å²) in [7, 11) is 1.73. The van der Waals surface area contributed by atoms with Gasteiger partial charge >= 0.3 is 0 Å². The molecule has 2 N–H and O–H groups in total. The number of nitro benzene ring substituents is 1. The molecule has 2 aliphatic carbocycles. The second kappa shape index (κ2) is 19.6. The number of carbonyl (C=O) groups excluding carboxylic acids is 1. The highest BCUT2D eigenvalue weighted by molar-refractivity contribution is 6.03. The van der Waals surface area contributed by atoms with Crippen LogP contribution in [0, 0.1) is 41.7 Å². The highest BCUT2D eigenvalue weighted by atomic mass is 16.7. The van der Waals surface area contributed by atoms with Crippen molar-refractivity contribution in [1.82, 2.24) is 4.90 Å².